The van der Waals surface area contributed by atoms with E-state index in [0.717, 1.165) is 25.3 Å². The molecule has 0 bridgehead atoms. The Morgan fingerprint density at radius 1 is 1.47 bits per heavy atom. The Hall–Kier alpha value is -1.36. The molecular formula is C14H24N4O. The monoisotopic (exact) mass is 264 g/mol. The molecule has 1 saturated heterocycles. The summed E-state index contributed by atoms with van der Waals surface area (Å²) in [7, 11) is 0. The minimum absolute atomic E-state index is 0.275. The first-order valence-electron chi connectivity index (χ1n) is 7.04. The van der Waals surface area contributed by atoms with E-state index in [4.69, 9.17) is 4.74 Å². The molecule has 2 heterocycles. The molecule has 1 aromatic rings. The maximum Gasteiger partial charge on any atom is 0.226 e. The van der Waals surface area contributed by atoms with Crippen molar-refractivity contribution in [3.63, 3.8) is 0 Å². The number of rotatable bonds is 5. The highest BCUT2D eigenvalue weighted by molar-refractivity contribution is 5.31. The molecule has 0 aliphatic carbocycles. The number of aromatic nitrogens is 2. The predicted molar refractivity (Wildman–Crippen MR) is 76.6 cm³/mol. The lowest BCUT2D eigenvalue weighted by Gasteiger charge is -2.34. The lowest BCUT2D eigenvalue weighted by Crippen LogP contribution is -2.42. The fraction of sp³-hybridized carbons (Fsp3) is 0.714. The van der Waals surface area contributed by atoms with E-state index in [9.17, 15) is 0 Å². The summed E-state index contributed by atoms with van der Waals surface area (Å²) in [6.07, 6.45) is 2.47. The molecule has 106 valence electrons. The number of hydrogen-bond donors (Lipinski definition) is 2. The van der Waals surface area contributed by atoms with Gasteiger partial charge in [-0.05, 0) is 38.6 Å². The molecule has 1 aliphatic heterocycles. The lowest BCUT2D eigenvalue weighted by atomic mass is 9.83. The van der Waals surface area contributed by atoms with E-state index in [2.05, 4.69) is 27.5 Å². The van der Waals surface area contributed by atoms with Crippen LogP contribution in [0.15, 0.2) is 6.07 Å². The van der Waals surface area contributed by atoms with Gasteiger partial charge in [-0.2, -0.15) is 4.98 Å². The summed E-state index contributed by atoms with van der Waals surface area (Å²) in [4.78, 5) is 8.78. The molecule has 19 heavy (non-hydrogen) atoms. The van der Waals surface area contributed by atoms with Gasteiger partial charge in [0.25, 0.3) is 0 Å². The van der Waals surface area contributed by atoms with Crippen molar-refractivity contribution in [2.75, 3.05) is 31.6 Å². The van der Waals surface area contributed by atoms with Gasteiger partial charge in [0.05, 0.1) is 6.61 Å². The zero-order valence-corrected chi connectivity index (χ0v) is 12.1. The van der Waals surface area contributed by atoms with Gasteiger partial charge in [0.15, 0.2) is 0 Å². The van der Waals surface area contributed by atoms with E-state index in [-0.39, 0.29) is 5.41 Å². The molecule has 5 nitrogen and oxygen atoms in total. The Morgan fingerprint density at radius 3 is 3.00 bits per heavy atom. The van der Waals surface area contributed by atoms with Gasteiger partial charge in [-0.25, -0.2) is 4.98 Å². The first-order valence-corrected chi connectivity index (χ1v) is 7.04. The second kappa shape index (κ2) is 6.19. The molecule has 0 saturated carbocycles. The molecule has 0 aromatic carbocycles. The number of anilines is 1. The van der Waals surface area contributed by atoms with Gasteiger partial charge in [-0.1, -0.05) is 6.92 Å². The first kappa shape index (κ1) is 14.1. The van der Waals surface area contributed by atoms with Crippen molar-refractivity contribution < 1.29 is 4.74 Å². The van der Waals surface area contributed by atoms with E-state index in [0.29, 0.717) is 18.4 Å². The van der Waals surface area contributed by atoms with Crippen molar-refractivity contribution in [2.24, 2.45) is 5.41 Å². The van der Waals surface area contributed by atoms with Crippen LogP contribution >= 0.6 is 0 Å². The van der Waals surface area contributed by atoms with Crippen LogP contribution in [0.5, 0.6) is 5.88 Å². The van der Waals surface area contributed by atoms with E-state index in [1.165, 1.54) is 12.8 Å². The van der Waals surface area contributed by atoms with Crippen molar-refractivity contribution in [3.05, 3.63) is 11.8 Å². The van der Waals surface area contributed by atoms with Crippen molar-refractivity contribution in [1.82, 2.24) is 15.3 Å². The quantitative estimate of drug-likeness (QED) is 0.851. The first-order chi connectivity index (χ1) is 9.11. The topological polar surface area (TPSA) is 59.1 Å². The lowest BCUT2D eigenvalue weighted by molar-refractivity contribution is 0.253. The normalized spacial score (nSPS) is 23.1. The smallest absolute Gasteiger partial charge is 0.226 e. The van der Waals surface area contributed by atoms with Crippen LogP contribution < -0.4 is 15.4 Å². The molecule has 5 heteroatoms. The minimum atomic E-state index is 0.275. The van der Waals surface area contributed by atoms with Crippen LogP contribution in [0, 0.1) is 12.3 Å². The molecule has 1 aliphatic rings. The van der Waals surface area contributed by atoms with Crippen LogP contribution in [-0.2, 0) is 0 Å². The number of nitrogens with one attached hydrogen (secondary N) is 2. The summed E-state index contributed by atoms with van der Waals surface area (Å²) in [6, 6.07) is 1.86. The SMILES string of the molecule is CCOc1cc(C)nc(NCC2(C)CCCNC2)n1. The summed E-state index contributed by atoms with van der Waals surface area (Å²) < 4.78 is 5.44. The summed E-state index contributed by atoms with van der Waals surface area (Å²) in [5, 5.41) is 6.80. The van der Waals surface area contributed by atoms with Crippen molar-refractivity contribution >= 4 is 5.95 Å². The van der Waals surface area contributed by atoms with Gasteiger partial charge < -0.3 is 15.4 Å². The van der Waals surface area contributed by atoms with Crippen LogP contribution in [0.1, 0.15) is 32.4 Å². The molecule has 2 N–H and O–H groups in total. The van der Waals surface area contributed by atoms with E-state index < -0.39 is 0 Å². The predicted octanol–water partition coefficient (Wildman–Crippen LogP) is 1.99. The van der Waals surface area contributed by atoms with E-state index in [1.807, 2.05) is 19.9 Å². The zero-order chi connectivity index (χ0) is 13.7. The van der Waals surface area contributed by atoms with E-state index >= 15 is 0 Å². The average molecular weight is 264 g/mol. The third kappa shape index (κ3) is 4.06. The van der Waals surface area contributed by atoms with Crippen molar-refractivity contribution in [3.8, 4) is 5.88 Å². The fourth-order valence-electron chi connectivity index (χ4n) is 2.40. The van der Waals surface area contributed by atoms with Crippen molar-refractivity contribution in [2.45, 2.75) is 33.6 Å². The molecule has 1 aromatic heterocycles. The van der Waals surface area contributed by atoms with Gasteiger partial charge in [0.1, 0.15) is 0 Å². The second-order valence-electron chi connectivity index (χ2n) is 5.55. The van der Waals surface area contributed by atoms with E-state index in [1.54, 1.807) is 0 Å². The van der Waals surface area contributed by atoms with Gasteiger partial charge in [0.2, 0.25) is 11.8 Å². The number of nitrogens with zero attached hydrogens (tertiary/aromatic N) is 2. The van der Waals surface area contributed by atoms with Crippen LogP contribution in [-0.4, -0.2) is 36.2 Å². The molecular weight excluding hydrogens is 240 g/mol. The standard InChI is InChI=1S/C14H24N4O/c1-4-19-12-8-11(2)17-13(18-12)16-10-14(3)6-5-7-15-9-14/h8,15H,4-7,9-10H2,1-3H3,(H,16,17,18). The Kier molecular flexibility index (Phi) is 4.58. The molecule has 0 amide bonds. The summed E-state index contributed by atoms with van der Waals surface area (Å²) in [6.45, 7) is 9.89. The molecule has 2 rings (SSSR count). The number of hydrogen-bond acceptors (Lipinski definition) is 5. The highest BCUT2D eigenvalue weighted by atomic mass is 16.5. The second-order valence-corrected chi connectivity index (χ2v) is 5.55. The maximum atomic E-state index is 5.44. The molecule has 1 atom stereocenters. The van der Waals surface area contributed by atoms with Crippen molar-refractivity contribution in [1.29, 1.82) is 0 Å². The van der Waals surface area contributed by atoms with Crippen LogP contribution in [0.25, 0.3) is 0 Å². The summed E-state index contributed by atoms with van der Waals surface area (Å²) >= 11 is 0. The Bertz CT molecular complexity index is 416. The third-order valence-corrected chi connectivity index (χ3v) is 3.48. The van der Waals surface area contributed by atoms with Gasteiger partial charge in [0, 0.05) is 24.8 Å². The molecule has 0 radical (unpaired) electrons. The highest BCUT2D eigenvalue weighted by Crippen LogP contribution is 2.25. The van der Waals surface area contributed by atoms with Crippen LogP contribution in [0.2, 0.25) is 0 Å². The van der Waals surface area contributed by atoms with Crippen LogP contribution in [0.3, 0.4) is 0 Å². The summed E-state index contributed by atoms with van der Waals surface area (Å²) in [5.41, 5.74) is 1.20. The Morgan fingerprint density at radius 2 is 2.32 bits per heavy atom. The zero-order valence-electron chi connectivity index (χ0n) is 12.1. The number of piperidine rings is 1. The summed E-state index contributed by atoms with van der Waals surface area (Å²) in [5.74, 6) is 1.31. The number of ether oxygens (including phenoxy) is 1. The fourth-order valence-corrected chi connectivity index (χ4v) is 2.40. The molecule has 0 spiro atoms. The van der Waals surface area contributed by atoms with Gasteiger partial charge in [-0.3, -0.25) is 0 Å². The Labute approximate surface area is 115 Å². The van der Waals surface area contributed by atoms with Crippen LogP contribution in [0.4, 0.5) is 5.95 Å². The molecule has 1 fully saturated rings. The maximum absolute atomic E-state index is 5.44. The highest BCUT2D eigenvalue weighted by Gasteiger charge is 2.26. The largest absolute Gasteiger partial charge is 0.478 e. The Balaban J connectivity index is 1.98. The third-order valence-electron chi connectivity index (χ3n) is 3.48. The minimum Gasteiger partial charge on any atom is -0.478 e. The van der Waals surface area contributed by atoms with Gasteiger partial charge in [-0.15, -0.1) is 0 Å². The average Bonchev–Trinajstić information content (AvgIpc) is 2.37. The number of aryl methyl sites for hydroxylation is 1. The molecule has 1 unspecified atom stereocenters. The van der Waals surface area contributed by atoms with Gasteiger partial charge >= 0.3 is 0 Å².